The van der Waals surface area contributed by atoms with E-state index in [1.54, 1.807) is 12.1 Å². The van der Waals surface area contributed by atoms with Crippen LogP contribution in [0.3, 0.4) is 0 Å². The van der Waals surface area contributed by atoms with Crippen LogP contribution in [0.4, 0.5) is 4.39 Å². The van der Waals surface area contributed by atoms with E-state index < -0.39 is 8.07 Å². The number of benzene rings is 2. The highest BCUT2D eigenvalue weighted by molar-refractivity contribution is 6.83. The zero-order chi connectivity index (χ0) is 17.3. The lowest BCUT2D eigenvalue weighted by molar-refractivity contribution is 0.629. The lowest BCUT2D eigenvalue weighted by atomic mass is 9.90. The summed E-state index contributed by atoms with van der Waals surface area (Å²) in [7, 11) is -1.51. The number of hydrogen-bond donors (Lipinski definition) is 1. The number of aromatic amines is 1. The molecule has 1 unspecified atom stereocenters. The first kappa shape index (κ1) is 16.5. The van der Waals surface area contributed by atoms with Crippen molar-refractivity contribution in [3.63, 3.8) is 0 Å². The molecule has 0 spiro atoms. The minimum atomic E-state index is -1.51. The Hall–Kier alpha value is -2.31. The topological polar surface area (TPSA) is 15.8 Å². The summed E-state index contributed by atoms with van der Waals surface area (Å²) < 4.78 is 13.8. The van der Waals surface area contributed by atoms with Crippen LogP contribution in [0.5, 0.6) is 0 Å². The first-order chi connectivity index (χ1) is 11.3. The van der Waals surface area contributed by atoms with Gasteiger partial charge < -0.3 is 4.98 Å². The normalized spacial score (nSPS) is 12.7. The smallest absolute Gasteiger partial charge is 0.129 e. The van der Waals surface area contributed by atoms with E-state index in [1.807, 2.05) is 25.1 Å². The molecule has 2 aromatic carbocycles. The Balaban J connectivity index is 2.24. The lowest BCUT2D eigenvalue weighted by Gasteiger charge is -2.14. The summed E-state index contributed by atoms with van der Waals surface area (Å²) in [5, 5.41) is 0.922. The first-order valence-corrected chi connectivity index (χ1v) is 11.7. The Bertz CT molecular complexity index is 923. The maximum atomic E-state index is 13.8. The van der Waals surface area contributed by atoms with Crippen LogP contribution in [0, 0.1) is 24.2 Å². The zero-order valence-corrected chi connectivity index (χ0v) is 15.6. The summed E-state index contributed by atoms with van der Waals surface area (Å²) in [6.45, 7) is 8.76. The second-order valence-corrected chi connectivity index (χ2v) is 12.0. The van der Waals surface area contributed by atoms with Crippen LogP contribution < -0.4 is 0 Å². The third-order valence-electron chi connectivity index (χ3n) is 4.01. The summed E-state index contributed by atoms with van der Waals surface area (Å²) in [4.78, 5) is 3.38. The fourth-order valence-electron chi connectivity index (χ4n) is 2.95. The van der Waals surface area contributed by atoms with Gasteiger partial charge in [-0.25, -0.2) is 4.39 Å². The van der Waals surface area contributed by atoms with Crippen LogP contribution in [0.1, 0.15) is 22.7 Å². The molecule has 3 heteroatoms. The van der Waals surface area contributed by atoms with E-state index in [0.29, 0.717) is 0 Å². The second-order valence-electron chi connectivity index (χ2n) is 7.22. The Kier molecular flexibility index (Phi) is 4.34. The second kappa shape index (κ2) is 6.30. The number of fused-ring (bicyclic) bond motifs is 1. The van der Waals surface area contributed by atoms with Gasteiger partial charge in [0.1, 0.15) is 13.9 Å². The lowest BCUT2D eigenvalue weighted by Crippen LogP contribution is -2.17. The molecule has 1 nitrogen and oxygen atoms in total. The van der Waals surface area contributed by atoms with Crippen molar-refractivity contribution in [1.82, 2.24) is 4.98 Å². The summed E-state index contributed by atoms with van der Waals surface area (Å²) in [5.74, 6) is 3.24. The van der Waals surface area contributed by atoms with E-state index in [0.717, 1.165) is 27.7 Å². The molecule has 1 atom stereocenters. The molecular weight excluding hydrogens is 313 g/mol. The van der Waals surface area contributed by atoms with Crippen molar-refractivity contribution < 1.29 is 4.39 Å². The SMILES string of the molecule is Cc1[nH]c2ccc(F)cc2c1C(C#C[Si](C)(C)C)c1ccccc1. The fraction of sp³-hybridized carbons (Fsp3) is 0.238. The monoisotopic (exact) mass is 335 g/mol. The van der Waals surface area contributed by atoms with E-state index in [4.69, 9.17) is 0 Å². The number of hydrogen-bond acceptors (Lipinski definition) is 0. The fourth-order valence-corrected chi connectivity index (χ4v) is 3.53. The van der Waals surface area contributed by atoms with Crippen molar-refractivity contribution in [2.24, 2.45) is 0 Å². The van der Waals surface area contributed by atoms with E-state index in [-0.39, 0.29) is 11.7 Å². The van der Waals surface area contributed by atoms with Crippen molar-refractivity contribution in [1.29, 1.82) is 0 Å². The first-order valence-electron chi connectivity index (χ1n) is 8.20. The van der Waals surface area contributed by atoms with Crippen molar-refractivity contribution in [3.05, 3.63) is 71.2 Å². The van der Waals surface area contributed by atoms with Gasteiger partial charge in [-0.05, 0) is 36.2 Å². The molecular formula is C21H22FNSi. The molecule has 3 aromatic rings. The molecule has 24 heavy (non-hydrogen) atoms. The van der Waals surface area contributed by atoms with Crippen molar-refractivity contribution >= 4 is 19.0 Å². The van der Waals surface area contributed by atoms with E-state index in [1.165, 1.54) is 6.07 Å². The number of nitrogens with one attached hydrogen (secondary N) is 1. The number of aromatic nitrogens is 1. The molecule has 0 saturated carbocycles. The van der Waals surface area contributed by atoms with Gasteiger partial charge in [0.2, 0.25) is 0 Å². The summed E-state index contributed by atoms with van der Waals surface area (Å²) in [5.41, 5.74) is 7.74. The number of H-pyrrole nitrogens is 1. The van der Waals surface area contributed by atoms with Gasteiger partial charge in [0.15, 0.2) is 0 Å². The molecule has 1 N–H and O–H groups in total. The van der Waals surface area contributed by atoms with Gasteiger partial charge in [0.05, 0.1) is 5.92 Å². The van der Waals surface area contributed by atoms with Gasteiger partial charge in [0, 0.05) is 16.6 Å². The highest BCUT2D eigenvalue weighted by atomic mass is 28.3. The van der Waals surface area contributed by atoms with Crippen molar-refractivity contribution in [3.8, 4) is 11.5 Å². The van der Waals surface area contributed by atoms with Gasteiger partial charge in [-0.1, -0.05) is 55.9 Å². The standard InChI is InChI=1S/C21H22FNSi/c1-15-21(19-14-17(22)10-11-20(19)23-15)18(12-13-24(2,3)4)16-8-6-5-7-9-16/h5-11,14,18,23H,1-4H3. The van der Waals surface area contributed by atoms with Crippen LogP contribution in [0.15, 0.2) is 48.5 Å². The number of halogens is 1. The minimum Gasteiger partial charge on any atom is -0.358 e. The maximum Gasteiger partial charge on any atom is 0.129 e. The summed E-state index contributed by atoms with van der Waals surface area (Å²) in [6.07, 6.45) is 0. The summed E-state index contributed by atoms with van der Waals surface area (Å²) >= 11 is 0. The number of aryl methyl sites for hydroxylation is 1. The molecule has 0 aliphatic heterocycles. The Labute approximate surface area is 143 Å². The van der Waals surface area contributed by atoms with Crippen molar-refractivity contribution in [2.45, 2.75) is 32.5 Å². The molecule has 122 valence electrons. The van der Waals surface area contributed by atoms with E-state index >= 15 is 0 Å². The molecule has 0 saturated heterocycles. The van der Waals surface area contributed by atoms with Crippen LogP contribution in [0.25, 0.3) is 10.9 Å². The highest BCUT2D eigenvalue weighted by Gasteiger charge is 2.20. The Morgan fingerprint density at radius 3 is 2.42 bits per heavy atom. The molecule has 1 aromatic heterocycles. The van der Waals surface area contributed by atoms with Crippen LogP contribution in [-0.4, -0.2) is 13.1 Å². The molecule has 0 aliphatic carbocycles. The summed E-state index contributed by atoms with van der Waals surface area (Å²) in [6, 6.07) is 15.2. The van der Waals surface area contributed by atoms with Crippen LogP contribution >= 0.6 is 0 Å². The number of rotatable bonds is 2. The highest BCUT2D eigenvalue weighted by Crippen LogP contribution is 2.33. The molecule has 0 fully saturated rings. The van der Waals surface area contributed by atoms with Gasteiger partial charge in [0.25, 0.3) is 0 Å². The molecule has 0 aliphatic rings. The predicted molar refractivity (Wildman–Crippen MR) is 102 cm³/mol. The maximum absolute atomic E-state index is 13.8. The quantitative estimate of drug-likeness (QED) is 0.461. The van der Waals surface area contributed by atoms with Crippen molar-refractivity contribution in [2.75, 3.05) is 0 Å². The molecule has 3 rings (SSSR count). The van der Waals surface area contributed by atoms with Gasteiger partial charge in [-0.3, -0.25) is 0 Å². The minimum absolute atomic E-state index is 0.0477. The van der Waals surface area contributed by atoms with Crippen LogP contribution in [0.2, 0.25) is 19.6 Å². The van der Waals surface area contributed by atoms with E-state index in [2.05, 4.69) is 48.2 Å². The molecule has 1 heterocycles. The average Bonchev–Trinajstić information content (AvgIpc) is 2.84. The van der Waals surface area contributed by atoms with Gasteiger partial charge >= 0.3 is 0 Å². The average molecular weight is 335 g/mol. The largest absolute Gasteiger partial charge is 0.358 e. The molecule has 0 bridgehead atoms. The van der Waals surface area contributed by atoms with Crippen LogP contribution in [-0.2, 0) is 0 Å². The Morgan fingerprint density at radius 1 is 1.04 bits per heavy atom. The Morgan fingerprint density at radius 2 is 1.75 bits per heavy atom. The van der Waals surface area contributed by atoms with E-state index in [9.17, 15) is 4.39 Å². The predicted octanol–water partition coefficient (Wildman–Crippen LogP) is 5.63. The van der Waals surface area contributed by atoms with Gasteiger partial charge in [-0.2, -0.15) is 0 Å². The third kappa shape index (κ3) is 3.44. The zero-order valence-electron chi connectivity index (χ0n) is 14.6. The third-order valence-corrected chi connectivity index (χ3v) is 4.91. The molecule has 0 radical (unpaired) electrons. The molecule has 0 amide bonds. The van der Waals surface area contributed by atoms with Gasteiger partial charge in [-0.15, -0.1) is 5.54 Å².